The number of hydrogen-bond donors (Lipinski definition) is 1. The van der Waals surface area contributed by atoms with E-state index in [1.165, 1.54) is 12.0 Å². The molecular weight excluding hydrogens is 187 g/mol. The number of likely N-dealkylation sites (tertiary alicyclic amines) is 1. The minimum absolute atomic E-state index is 0.0143. The van der Waals surface area contributed by atoms with Gasteiger partial charge < -0.3 is 9.84 Å². The van der Waals surface area contributed by atoms with Gasteiger partial charge in [0.2, 0.25) is 0 Å². The van der Waals surface area contributed by atoms with Crippen molar-refractivity contribution in [1.82, 2.24) is 4.90 Å². The average Bonchev–Trinajstić information content (AvgIpc) is 1.93. The Kier molecular flexibility index (Phi) is 3.15. The highest BCUT2D eigenvalue weighted by Gasteiger charge is 2.41. The summed E-state index contributed by atoms with van der Waals surface area (Å²) in [5.41, 5.74) is 0. The third kappa shape index (κ3) is 2.82. The van der Waals surface area contributed by atoms with E-state index in [-0.39, 0.29) is 12.6 Å². The Morgan fingerprint density at radius 1 is 1.54 bits per heavy atom. The predicted molar refractivity (Wildman–Crippen MR) is 39.3 cm³/mol. The van der Waals surface area contributed by atoms with Gasteiger partial charge in [0, 0.05) is 26.7 Å². The van der Waals surface area contributed by atoms with Crippen LogP contribution in [0.15, 0.2) is 0 Å². The molecule has 1 atom stereocenters. The van der Waals surface area contributed by atoms with Crippen LogP contribution in [0, 0.1) is 0 Å². The van der Waals surface area contributed by atoms with Crippen molar-refractivity contribution in [3.05, 3.63) is 0 Å². The van der Waals surface area contributed by atoms with Gasteiger partial charge >= 0.3 is 6.18 Å². The Hall–Kier alpha value is -0.330. The van der Waals surface area contributed by atoms with Gasteiger partial charge in [0.25, 0.3) is 0 Å². The fraction of sp³-hybridized carbons (Fsp3) is 1.00. The van der Waals surface area contributed by atoms with Gasteiger partial charge in [-0.25, -0.2) is 0 Å². The molecule has 6 heteroatoms. The molecule has 0 radical (unpaired) electrons. The largest absolute Gasteiger partial charge is 0.415 e. The fourth-order valence-corrected chi connectivity index (χ4v) is 1.17. The standard InChI is InChI=1S/C7H12F3NO2/c1-13-5-2-11(3-5)4-6(12)7(8,9)10/h5-6,12H,2-4H2,1H3. The summed E-state index contributed by atoms with van der Waals surface area (Å²) in [6, 6.07) is 0. The predicted octanol–water partition coefficient (Wildman–Crippen LogP) is 0.240. The lowest BCUT2D eigenvalue weighted by Crippen LogP contribution is -2.55. The lowest BCUT2D eigenvalue weighted by molar-refractivity contribution is -0.213. The molecule has 1 N–H and O–H groups in total. The van der Waals surface area contributed by atoms with Crippen molar-refractivity contribution in [3.63, 3.8) is 0 Å². The second-order valence-electron chi connectivity index (χ2n) is 3.13. The first-order valence-corrected chi connectivity index (χ1v) is 3.93. The molecule has 0 aromatic heterocycles. The van der Waals surface area contributed by atoms with Crippen LogP contribution in [0.5, 0.6) is 0 Å². The molecule has 0 saturated carbocycles. The summed E-state index contributed by atoms with van der Waals surface area (Å²) in [6.45, 7) is 0.566. The summed E-state index contributed by atoms with van der Waals surface area (Å²) in [6.07, 6.45) is -6.75. The molecule has 78 valence electrons. The van der Waals surface area contributed by atoms with E-state index in [0.717, 1.165) is 0 Å². The summed E-state index contributed by atoms with van der Waals surface area (Å²) in [5, 5.41) is 8.67. The monoisotopic (exact) mass is 199 g/mol. The van der Waals surface area contributed by atoms with Crippen LogP contribution in [0.2, 0.25) is 0 Å². The van der Waals surface area contributed by atoms with Crippen molar-refractivity contribution in [1.29, 1.82) is 0 Å². The molecule has 3 nitrogen and oxygen atoms in total. The molecule has 0 aromatic rings. The van der Waals surface area contributed by atoms with Crippen LogP contribution in [-0.2, 0) is 4.74 Å². The first kappa shape index (κ1) is 10.7. The first-order chi connectivity index (χ1) is 5.93. The lowest BCUT2D eigenvalue weighted by atomic mass is 10.1. The second kappa shape index (κ2) is 3.81. The number of alkyl halides is 3. The molecule has 0 aromatic carbocycles. The molecule has 1 aliphatic heterocycles. The Morgan fingerprint density at radius 3 is 2.46 bits per heavy atom. The summed E-state index contributed by atoms with van der Waals surface area (Å²) < 4.78 is 40.4. The maximum Gasteiger partial charge on any atom is 0.415 e. The molecule has 0 bridgehead atoms. The number of β-amino-alcohol motifs (C(OH)–C–C–N with tert-alkyl or cyclic N) is 1. The third-order valence-electron chi connectivity index (χ3n) is 2.07. The second-order valence-corrected chi connectivity index (χ2v) is 3.13. The van der Waals surface area contributed by atoms with Gasteiger partial charge in [-0.2, -0.15) is 13.2 Å². The zero-order valence-electron chi connectivity index (χ0n) is 7.21. The SMILES string of the molecule is COC1CN(CC(O)C(F)(F)F)C1. The topological polar surface area (TPSA) is 32.7 Å². The van der Waals surface area contributed by atoms with Crippen molar-refractivity contribution in [3.8, 4) is 0 Å². The van der Waals surface area contributed by atoms with Crippen LogP contribution in [0.1, 0.15) is 0 Å². The van der Waals surface area contributed by atoms with E-state index in [1.54, 1.807) is 0 Å². The van der Waals surface area contributed by atoms with E-state index in [2.05, 4.69) is 0 Å². The van der Waals surface area contributed by atoms with Crippen LogP contribution in [0.3, 0.4) is 0 Å². The van der Waals surface area contributed by atoms with Gasteiger partial charge in [-0.1, -0.05) is 0 Å². The molecule has 0 amide bonds. The smallest absolute Gasteiger partial charge is 0.382 e. The highest BCUT2D eigenvalue weighted by Crippen LogP contribution is 2.22. The van der Waals surface area contributed by atoms with Crippen LogP contribution < -0.4 is 0 Å². The highest BCUT2D eigenvalue weighted by atomic mass is 19.4. The molecule has 1 fully saturated rings. The zero-order chi connectivity index (χ0) is 10.1. The number of aliphatic hydroxyl groups excluding tert-OH is 1. The normalized spacial score (nSPS) is 22.8. The van der Waals surface area contributed by atoms with Gasteiger partial charge in [-0.05, 0) is 0 Å². The third-order valence-corrected chi connectivity index (χ3v) is 2.07. The minimum Gasteiger partial charge on any atom is -0.382 e. The molecule has 0 spiro atoms. The zero-order valence-corrected chi connectivity index (χ0v) is 7.21. The van der Waals surface area contributed by atoms with Crippen LogP contribution in [0.25, 0.3) is 0 Å². The van der Waals surface area contributed by atoms with Crippen LogP contribution in [-0.4, -0.2) is 55.1 Å². The minimum atomic E-state index is -4.52. The van der Waals surface area contributed by atoms with E-state index in [4.69, 9.17) is 9.84 Å². The Morgan fingerprint density at radius 2 is 2.08 bits per heavy atom. The van der Waals surface area contributed by atoms with Crippen molar-refractivity contribution in [2.24, 2.45) is 0 Å². The van der Waals surface area contributed by atoms with E-state index in [0.29, 0.717) is 13.1 Å². The summed E-state index contributed by atoms with van der Waals surface area (Å²) in [5.74, 6) is 0. The van der Waals surface area contributed by atoms with E-state index >= 15 is 0 Å². The van der Waals surface area contributed by atoms with Crippen molar-refractivity contribution in [2.75, 3.05) is 26.7 Å². The molecular formula is C7H12F3NO2. The first-order valence-electron chi connectivity index (χ1n) is 3.93. The maximum atomic E-state index is 11.8. The van der Waals surface area contributed by atoms with E-state index in [9.17, 15) is 13.2 Å². The van der Waals surface area contributed by atoms with Crippen molar-refractivity contribution in [2.45, 2.75) is 18.4 Å². The lowest BCUT2D eigenvalue weighted by Gasteiger charge is -2.39. The van der Waals surface area contributed by atoms with Gasteiger partial charge in [0.05, 0.1) is 6.10 Å². The fourth-order valence-electron chi connectivity index (χ4n) is 1.17. The molecule has 1 heterocycles. The number of methoxy groups -OCH3 is 1. The number of aliphatic hydroxyl groups is 1. The Bertz CT molecular complexity index is 168. The number of rotatable bonds is 3. The number of ether oxygens (including phenoxy) is 1. The molecule has 13 heavy (non-hydrogen) atoms. The van der Waals surface area contributed by atoms with Crippen LogP contribution >= 0.6 is 0 Å². The Balaban J connectivity index is 2.20. The van der Waals surface area contributed by atoms with Gasteiger partial charge in [-0.15, -0.1) is 0 Å². The average molecular weight is 199 g/mol. The van der Waals surface area contributed by atoms with Gasteiger partial charge in [0.15, 0.2) is 6.10 Å². The summed E-state index contributed by atoms with van der Waals surface area (Å²) in [4.78, 5) is 1.51. The summed E-state index contributed by atoms with van der Waals surface area (Å²) >= 11 is 0. The summed E-state index contributed by atoms with van der Waals surface area (Å²) in [7, 11) is 1.52. The molecule has 0 aliphatic carbocycles. The van der Waals surface area contributed by atoms with E-state index in [1.807, 2.05) is 0 Å². The van der Waals surface area contributed by atoms with Crippen molar-refractivity contribution < 1.29 is 23.0 Å². The maximum absolute atomic E-state index is 11.8. The highest BCUT2D eigenvalue weighted by molar-refractivity contribution is 4.83. The van der Waals surface area contributed by atoms with E-state index < -0.39 is 12.3 Å². The Labute approximate surface area is 74.1 Å². The van der Waals surface area contributed by atoms with Gasteiger partial charge in [-0.3, -0.25) is 4.90 Å². The number of halogens is 3. The van der Waals surface area contributed by atoms with Gasteiger partial charge in [0.1, 0.15) is 0 Å². The number of hydrogen-bond acceptors (Lipinski definition) is 3. The van der Waals surface area contributed by atoms with Crippen molar-refractivity contribution >= 4 is 0 Å². The molecule has 1 aliphatic rings. The number of nitrogens with zero attached hydrogens (tertiary/aromatic N) is 1. The van der Waals surface area contributed by atoms with Crippen LogP contribution in [0.4, 0.5) is 13.2 Å². The molecule has 1 saturated heterocycles. The quantitative estimate of drug-likeness (QED) is 0.706. The molecule has 1 unspecified atom stereocenters. The molecule has 1 rings (SSSR count).